The van der Waals surface area contributed by atoms with Gasteiger partial charge < -0.3 is 14.9 Å². The highest BCUT2D eigenvalue weighted by atomic mass is 16.5. The summed E-state index contributed by atoms with van der Waals surface area (Å²) < 4.78 is 5.98. The molecule has 1 aromatic rings. The number of hydrogen-bond acceptors (Lipinski definition) is 5. The molecule has 1 aromatic carbocycles. The molecular formula is C19H21NO4. The number of Topliss-reactive ketones (excluding diaryl/α,β-unsaturated/α-hetero) is 1. The van der Waals surface area contributed by atoms with Crippen molar-refractivity contribution < 1.29 is 19.7 Å². The first-order valence-corrected chi connectivity index (χ1v) is 8.65. The van der Waals surface area contributed by atoms with Gasteiger partial charge in [-0.3, -0.25) is 9.69 Å². The van der Waals surface area contributed by atoms with Crippen LogP contribution in [0.25, 0.3) is 0 Å². The number of hydrogen-bond donors (Lipinski definition) is 2. The normalized spacial score (nSPS) is 39.3. The van der Waals surface area contributed by atoms with E-state index in [4.69, 9.17) is 4.74 Å². The molecule has 5 rings (SSSR count). The molecule has 2 fully saturated rings. The van der Waals surface area contributed by atoms with Gasteiger partial charge in [0.2, 0.25) is 0 Å². The quantitative estimate of drug-likeness (QED) is 0.802. The van der Waals surface area contributed by atoms with Crippen molar-refractivity contribution in [3.05, 3.63) is 35.9 Å². The van der Waals surface area contributed by atoms with Crippen LogP contribution in [0.5, 0.6) is 11.5 Å². The number of rotatable bonds is 2. The highest BCUT2D eigenvalue weighted by molar-refractivity contribution is 5.90. The number of benzene rings is 1. The Kier molecular flexibility index (Phi) is 2.66. The summed E-state index contributed by atoms with van der Waals surface area (Å²) in [4.78, 5) is 14.9. The number of likely N-dealkylation sites (tertiary alicyclic amines) is 1. The molecule has 4 atom stereocenters. The zero-order valence-corrected chi connectivity index (χ0v) is 13.5. The van der Waals surface area contributed by atoms with Gasteiger partial charge in [0.1, 0.15) is 0 Å². The second-order valence-electron chi connectivity index (χ2n) is 7.56. The van der Waals surface area contributed by atoms with Gasteiger partial charge in [0, 0.05) is 31.1 Å². The number of ether oxygens (including phenoxy) is 1. The summed E-state index contributed by atoms with van der Waals surface area (Å²) in [5.41, 5.74) is 0.256. The molecule has 5 nitrogen and oxygen atoms in total. The molecule has 2 heterocycles. The summed E-state index contributed by atoms with van der Waals surface area (Å²) in [7, 11) is 0. The molecular weight excluding hydrogens is 306 g/mol. The Morgan fingerprint density at radius 1 is 1.42 bits per heavy atom. The first-order chi connectivity index (χ1) is 11.5. The van der Waals surface area contributed by atoms with Crippen molar-refractivity contribution in [1.29, 1.82) is 0 Å². The second-order valence-corrected chi connectivity index (χ2v) is 7.56. The third-order valence-corrected chi connectivity index (χ3v) is 6.73. The predicted octanol–water partition coefficient (Wildman–Crippen LogP) is 1.30. The van der Waals surface area contributed by atoms with Crippen LogP contribution in [-0.4, -0.2) is 51.7 Å². The van der Waals surface area contributed by atoms with Crippen molar-refractivity contribution >= 4 is 5.78 Å². The monoisotopic (exact) mass is 327 g/mol. The van der Waals surface area contributed by atoms with E-state index in [0.29, 0.717) is 31.4 Å². The number of ketones is 1. The van der Waals surface area contributed by atoms with E-state index in [1.807, 2.05) is 12.1 Å². The number of aliphatic hydroxyl groups is 1. The van der Waals surface area contributed by atoms with E-state index in [1.54, 1.807) is 6.07 Å². The Bertz CT molecular complexity index is 775. The first kappa shape index (κ1) is 14.5. The summed E-state index contributed by atoms with van der Waals surface area (Å²) in [5, 5.41) is 22.1. The maximum absolute atomic E-state index is 12.6. The fraction of sp³-hybridized carbons (Fsp3) is 0.526. The van der Waals surface area contributed by atoms with Gasteiger partial charge in [-0.2, -0.15) is 0 Å². The molecule has 1 saturated carbocycles. The molecule has 24 heavy (non-hydrogen) atoms. The lowest BCUT2D eigenvalue weighted by molar-refractivity contribution is -0.187. The summed E-state index contributed by atoms with van der Waals surface area (Å²) in [5.74, 6) is 0.528. The average Bonchev–Trinajstić information content (AvgIpc) is 2.91. The minimum absolute atomic E-state index is 0.0408. The average molecular weight is 327 g/mol. The van der Waals surface area contributed by atoms with Crippen LogP contribution < -0.4 is 4.74 Å². The number of carbonyl (C=O) groups is 1. The number of carbonyl (C=O) groups excluding carboxylic acids is 1. The Hall–Kier alpha value is -1.85. The van der Waals surface area contributed by atoms with Gasteiger partial charge >= 0.3 is 0 Å². The topological polar surface area (TPSA) is 70.0 Å². The first-order valence-electron chi connectivity index (χ1n) is 8.65. The van der Waals surface area contributed by atoms with Crippen molar-refractivity contribution in [3.63, 3.8) is 0 Å². The number of phenolic OH excluding ortho intramolecular Hbond substituents is 1. The summed E-state index contributed by atoms with van der Waals surface area (Å²) in [6, 6.07) is 3.52. The minimum atomic E-state index is -1.00. The van der Waals surface area contributed by atoms with Gasteiger partial charge in [0.05, 0.1) is 11.0 Å². The van der Waals surface area contributed by atoms with Crippen LogP contribution in [-0.2, 0) is 16.6 Å². The van der Waals surface area contributed by atoms with Crippen molar-refractivity contribution in [2.75, 3.05) is 13.1 Å². The van der Waals surface area contributed by atoms with Gasteiger partial charge in [-0.25, -0.2) is 0 Å². The largest absolute Gasteiger partial charge is 0.504 e. The number of aromatic hydroxyl groups is 1. The SMILES string of the molecule is C=CCN1CC[C@@]23c4c5ccc(O)c4O[C@H]2C(=O)CC[C@]3(O)[C@H]1C5. The number of phenols is 1. The second kappa shape index (κ2) is 4.41. The molecule has 2 aliphatic heterocycles. The standard InChI is InChI=1S/C19H21NO4/c1-2-8-20-9-7-18-15-11-3-4-12(21)16(15)24-17(18)13(22)5-6-19(18,23)14(20)10-11/h2-4,14,17,21,23H,1,5-10H2/t14-,17+,18-,19+/m1/s1. The molecule has 2 aliphatic carbocycles. The van der Waals surface area contributed by atoms with Gasteiger partial charge in [-0.15, -0.1) is 6.58 Å². The molecule has 5 heteroatoms. The molecule has 2 N–H and O–H groups in total. The Morgan fingerprint density at radius 3 is 3.04 bits per heavy atom. The lowest BCUT2D eigenvalue weighted by Gasteiger charge is -2.62. The molecule has 2 bridgehead atoms. The van der Waals surface area contributed by atoms with E-state index in [0.717, 1.165) is 24.2 Å². The third-order valence-electron chi connectivity index (χ3n) is 6.73. The summed E-state index contributed by atoms with van der Waals surface area (Å²) >= 11 is 0. The van der Waals surface area contributed by atoms with Gasteiger partial charge in [0.25, 0.3) is 0 Å². The van der Waals surface area contributed by atoms with Crippen LogP contribution in [0, 0.1) is 0 Å². The van der Waals surface area contributed by atoms with Crippen LogP contribution in [0.3, 0.4) is 0 Å². The van der Waals surface area contributed by atoms with Gasteiger partial charge in [0.15, 0.2) is 23.4 Å². The van der Waals surface area contributed by atoms with Crippen LogP contribution in [0.2, 0.25) is 0 Å². The van der Waals surface area contributed by atoms with Crippen LogP contribution in [0.15, 0.2) is 24.8 Å². The van der Waals surface area contributed by atoms with E-state index in [9.17, 15) is 15.0 Å². The van der Waals surface area contributed by atoms with E-state index in [2.05, 4.69) is 11.5 Å². The summed E-state index contributed by atoms with van der Waals surface area (Å²) in [6.45, 7) is 5.36. The highest BCUT2D eigenvalue weighted by Gasteiger charge is 2.72. The van der Waals surface area contributed by atoms with Gasteiger partial charge in [-0.1, -0.05) is 12.1 Å². The van der Waals surface area contributed by atoms with Gasteiger partial charge in [-0.05, 0) is 30.9 Å². The fourth-order valence-corrected chi connectivity index (χ4v) is 5.80. The van der Waals surface area contributed by atoms with Crippen molar-refractivity contribution in [1.82, 2.24) is 4.90 Å². The van der Waals surface area contributed by atoms with Crippen LogP contribution >= 0.6 is 0 Å². The maximum atomic E-state index is 12.6. The van der Waals surface area contributed by atoms with E-state index >= 15 is 0 Å². The lowest BCUT2D eigenvalue weighted by Crippen LogP contribution is -2.76. The fourth-order valence-electron chi connectivity index (χ4n) is 5.80. The maximum Gasteiger partial charge on any atom is 0.174 e. The van der Waals surface area contributed by atoms with Crippen molar-refractivity contribution in [3.8, 4) is 11.5 Å². The number of nitrogens with zero attached hydrogens (tertiary/aromatic N) is 1. The van der Waals surface area contributed by atoms with E-state index in [1.165, 1.54) is 0 Å². The summed E-state index contributed by atoms with van der Waals surface area (Å²) in [6.07, 6.45) is 3.35. The molecule has 0 unspecified atom stereocenters. The van der Waals surface area contributed by atoms with E-state index in [-0.39, 0.29) is 17.6 Å². The molecule has 126 valence electrons. The molecule has 4 aliphatic rings. The zero-order chi connectivity index (χ0) is 16.7. The van der Waals surface area contributed by atoms with E-state index < -0.39 is 17.1 Å². The smallest absolute Gasteiger partial charge is 0.174 e. The van der Waals surface area contributed by atoms with Crippen molar-refractivity contribution in [2.24, 2.45) is 0 Å². The zero-order valence-electron chi connectivity index (χ0n) is 13.5. The molecule has 0 amide bonds. The Morgan fingerprint density at radius 2 is 2.25 bits per heavy atom. The molecule has 1 spiro atoms. The third kappa shape index (κ3) is 1.38. The Balaban J connectivity index is 1.80. The molecule has 0 aromatic heterocycles. The molecule has 0 radical (unpaired) electrons. The Labute approximate surface area is 140 Å². The minimum Gasteiger partial charge on any atom is -0.504 e. The number of piperidine rings is 1. The highest BCUT2D eigenvalue weighted by Crippen LogP contribution is 2.64. The van der Waals surface area contributed by atoms with Crippen LogP contribution in [0.1, 0.15) is 30.4 Å². The van der Waals surface area contributed by atoms with Crippen LogP contribution in [0.4, 0.5) is 0 Å². The lowest BCUT2D eigenvalue weighted by atomic mass is 9.49. The molecule has 1 saturated heterocycles. The van der Waals surface area contributed by atoms with Crippen molar-refractivity contribution in [2.45, 2.75) is 48.8 Å². The predicted molar refractivity (Wildman–Crippen MR) is 87.3 cm³/mol.